The van der Waals surface area contributed by atoms with Crippen molar-refractivity contribution in [2.75, 3.05) is 11.9 Å². The first kappa shape index (κ1) is 16.6. The molecule has 0 fully saturated rings. The summed E-state index contributed by atoms with van der Waals surface area (Å²) in [4.78, 5) is 23.4. The summed E-state index contributed by atoms with van der Waals surface area (Å²) in [6.45, 7) is 0.312. The molecular weight excluding hydrogens is 302 g/mol. The molecule has 0 aliphatic heterocycles. The van der Waals surface area contributed by atoms with Crippen LogP contribution in [0.5, 0.6) is 0 Å². The highest BCUT2D eigenvalue weighted by atomic mass is 19.1. The van der Waals surface area contributed by atoms with Crippen LogP contribution in [0.15, 0.2) is 48.5 Å². The Bertz CT molecular complexity index is 690. The summed E-state index contributed by atoms with van der Waals surface area (Å²) in [7, 11) is 0. The highest BCUT2D eigenvalue weighted by molar-refractivity contribution is 5.94. The van der Waals surface area contributed by atoms with Gasteiger partial charge in [0, 0.05) is 24.6 Å². The Morgan fingerprint density at radius 3 is 2.48 bits per heavy atom. The molecule has 2 amide bonds. The molecule has 4 nitrogen and oxygen atoms in total. The van der Waals surface area contributed by atoms with Gasteiger partial charge in [-0.25, -0.2) is 8.78 Å². The normalized spacial score (nSPS) is 10.2. The Hall–Kier alpha value is -2.76. The van der Waals surface area contributed by atoms with Crippen LogP contribution in [0.1, 0.15) is 23.2 Å². The van der Waals surface area contributed by atoms with Crippen molar-refractivity contribution < 1.29 is 18.4 Å². The maximum atomic E-state index is 13.4. The number of halogens is 2. The topological polar surface area (TPSA) is 58.2 Å². The van der Waals surface area contributed by atoms with Crippen molar-refractivity contribution >= 4 is 17.5 Å². The van der Waals surface area contributed by atoms with Gasteiger partial charge in [0.2, 0.25) is 5.91 Å². The number of nitrogens with one attached hydrogen (secondary N) is 2. The SMILES string of the molecule is O=C(CCCNC(=O)c1ccccc1)Nc1cc(F)ccc1F. The fourth-order valence-electron chi connectivity index (χ4n) is 1.95. The molecule has 0 aliphatic carbocycles. The molecule has 0 saturated carbocycles. The molecule has 120 valence electrons. The first-order valence-electron chi connectivity index (χ1n) is 7.14. The van der Waals surface area contributed by atoms with Crippen LogP contribution in [0.4, 0.5) is 14.5 Å². The summed E-state index contributed by atoms with van der Waals surface area (Å²) in [6.07, 6.45) is 0.479. The molecule has 2 rings (SSSR count). The fraction of sp³-hybridized carbons (Fsp3) is 0.176. The minimum Gasteiger partial charge on any atom is -0.352 e. The summed E-state index contributed by atoms with van der Waals surface area (Å²) in [5.74, 6) is -1.99. The third-order valence-corrected chi connectivity index (χ3v) is 3.10. The molecule has 0 aromatic heterocycles. The molecule has 0 atom stereocenters. The third kappa shape index (κ3) is 5.18. The molecule has 0 unspecified atom stereocenters. The molecule has 2 aromatic rings. The van der Waals surface area contributed by atoms with Crippen LogP contribution in [0.2, 0.25) is 0 Å². The minimum absolute atomic E-state index is 0.0883. The van der Waals surface area contributed by atoms with Crippen molar-refractivity contribution in [2.24, 2.45) is 0 Å². The zero-order valence-corrected chi connectivity index (χ0v) is 12.3. The zero-order valence-electron chi connectivity index (χ0n) is 12.3. The summed E-state index contributed by atoms with van der Waals surface area (Å²) < 4.78 is 26.4. The van der Waals surface area contributed by atoms with Gasteiger partial charge in [-0.3, -0.25) is 9.59 Å². The molecule has 2 aromatic carbocycles. The highest BCUT2D eigenvalue weighted by Gasteiger charge is 2.09. The Labute approximate surface area is 132 Å². The van der Waals surface area contributed by atoms with Crippen molar-refractivity contribution in [3.63, 3.8) is 0 Å². The number of hydrogen-bond donors (Lipinski definition) is 2. The average molecular weight is 318 g/mol. The number of rotatable bonds is 6. The van der Waals surface area contributed by atoms with Crippen molar-refractivity contribution in [3.8, 4) is 0 Å². The molecule has 6 heteroatoms. The van der Waals surface area contributed by atoms with E-state index in [1.54, 1.807) is 24.3 Å². The van der Waals surface area contributed by atoms with Crippen molar-refractivity contribution in [2.45, 2.75) is 12.8 Å². The van der Waals surface area contributed by atoms with Crippen molar-refractivity contribution in [3.05, 3.63) is 65.7 Å². The van der Waals surface area contributed by atoms with Crippen LogP contribution in [-0.4, -0.2) is 18.4 Å². The summed E-state index contributed by atoms with van der Waals surface area (Å²) in [6, 6.07) is 11.6. The lowest BCUT2D eigenvalue weighted by Gasteiger charge is -2.07. The van der Waals surface area contributed by atoms with Crippen LogP contribution in [0, 0.1) is 11.6 Å². The number of carbonyl (C=O) groups excluding carboxylic acids is 2. The van der Waals surface area contributed by atoms with E-state index in [0.717, 1.165) is 18.2 Å². The van der Waals surface area contributed by atoms with Gasteiger partial charge in [-0.15, -0.1) is 0 Å². The number of benzene rings is 2. The molecular formula is C17H16F2N2O2. The van der Waals surface area contributed by atoms with Crippen LogP contribution >= 0.6 is 0 Å². The van der Waals surface area contributed by atoms with Gasteiger partial charge in [-0.2, -0.15) is 0 Å². The van der Waals surface area contributed by atoms with E-state index in [2.05, 4.69) is 10.6 Å². The Morgan fingerprint density at radius 1 is 1.00 bits per heavy atom. The molecule has 0 spiro atoms. The smallest absolute Gasteiger partial charge is 0.251 e. The van der Waals surface area contributed by atoms with Gasteiger partial charge in [0.1, 0.15) is 11.6 Å². The average Bonchev–Trinajstić information content (AvgIpc) is 2.55. The second-order valence-electron chi connectivity index (χ2n) is 4.90. The number of hydrogen-bond acceptors (Lipinski definition) is 2. The van der Waals surface area contributed by atoms with Crippen LogP contribution in [0.25, 0.3) is 0 Å². The van der Waals surface area contributed by atoms with E-state index in [0.29, 0.717) is 18.5 Å². The summed E-state index contributed by atoms with van der Waals surface area (Å²) >= 11 is 0. The van der Waals surface area contributed by atoms with E-state index in [9.17, 15) is 18.4 Å². The number of anilines is 1. The monoisotopic (exact) mass is 318 g/mol. The standard InChI is InChI=1S/C17H16F2N2O2/c18-13-8-9-14(19)15(11-13)21-16(22)7-4-10-20-17(23)12-5-2-1-3-6-12/h1-3,5-6,8-9,11H,4,7,10H2,(H,20,23)(H,21,22). The first-order chi connectivity index (χ1) is 11.1. The molecule has 0 heterocycles. The highest BCUT2D eigenvalue weighted by Crippen LogP contribution is 2.15. The van der Waals surface area contributed by atoms with Gasteiger partial charge >= 0.3 is 0 Å². The molecule has 0 aliphatic rings. The molecule has 23 heavy (non-hydrogen) atoms. The molecule has 2 N–H and O–H groups in total. The maximum Gasteiger partial charge on any atom is 0.251 e. The van der Waals surface area contributed by atoms with Gasteiger partial charge in [0.05, 0.1) is 5.69 Å². The van der Waals surface area contributed by atoms with Crippen LogP contribution in [-0.2, 0) is 4.79 Å². The predicted molar refractivity (Wildman–Crippen MR) is 83.0 cm³/mol. The first-order valence-corrected chi connectivity index (χ1v) is 7.14. The van der Waals surface area contributed by atoms with Crippen molar-refractivity contribution in [1.29, 1.82) is 0 Å². The van der Waals surface area contributed by atoms with Gasteiger partial charge in [0.25, 0.3) is 5.91 Å². The Morgan fingerprint density at radius 2 is 1.74 bits per heavy atom. The lowest BCUT2D eigenvalue weighted by Crippen LogP contribution is -2.25. The van der Waals surface area contributed by atoms with Crippen LogP contribution in [0.3, 0.4) is 0 Å². The Kier molecular flexibility index (Phi) is 5.80. The lowest BCUT2D eigenvalue weighted by atomic mass is 10.2. The molecule has 0 bridgehead atoms. The van der Waals surface area contributed by atoms with Gasteiger partial charge in [-0.05, 0) is 30.7 Å². The summed E-state index contributed by atoms with van der Waals surface area (Å²) in [5.41, 5.74) is 0.349. The van der Waals surface area contributed by atoms with E-state index >= 15 is 0 Å². The number of amides is 2. The minimum atomic E-state index is -0.697. The van der Waals surface area contributed by atoms with E-state index in [1.165, 1.54) is 0 Å². The van der Waals surface area contributed by atoms with Crippen LogP contribution < -0.4 is 10.6 Å². The summed E-state index contributed by atoms with van der Waals surface area (Å²) in [5, 5.41) is 4.99. The van der Waals surface area contributed by atoms with Gasteiger partial charge in [0.15, 0.2) is 0 Å². The van der Waals surface area contributed by atoms with E-state index in [1.807, 2.05) is 6.07 Å². The Balaban J connectivity index is 1.73. The fourth-order valence-corrected chi connectivity index (χ4v) is 1.95. The van der Waals surface area contributed by atoms with Gasteiger partial charge < -0.3 is 10.6 Å². The quantitative estimate of drug-likeness (QED) is 0.804. The van der Waals surface area contributed by atoms with E-state index in [-0.39, 0.29) is 18.0 Å². The number of carbonyl (C=O) groups is 2. The molecule has 0 radical (unpaired) electrons. The second-order valence-corrected chi connectivity index (χ2v) is 4.90. The largest absolute Gasteiger partial charge is 0.352 e. The van der Waals surface area contributed by atoms with Gasteiger partial charge in [-0.1, -0.05) is 18.2 Å². The van der Waals surface area contributed by atoms with E-state index in [4.69, 9.17) is 0 Å². The molecule has 0 saturated heterocycles. The predicted octanol–water partition coefficient (Wildman–Crippen LogP) is 3.11. The lowest BCUT2D eigenvalue weighted by molar-refractivity contribution is -0.116. The zero-order chi connectivity index (χ0) is 16.7. The second kappa shape index (κ2) is 8.03. The third-order valence-electron chi connectivity index (χ3n) is 3.10. The maximum absolute atomic E-state index is 13.4. The van der Waals surface area contributed by atoms with Crippen molar-refractivity contribution in [1.82, 2.24) is 5.32 Å². The van der Waals surface area contributed by atoms with E-state index < -0.39 is 17.5 Å².